The van der Waals surface area contributed by atoms with Crippen LogP contribution in [0, 0.1) is 0 Å². The van der Waals surface area contributed by atoms with Crippen molar-refractivity contribution in [2.75, 3.05) is 13.2 Å². The number of hydrogen-bond acceptors (Lipinski definition) is 7. The van der Waals surface area contributed by atoms with Gasteiger partial charge in [0.1, 0.15) is 12.3 Å². The van der Waals surface area contributed by atoms with Crippen LogP contribution in [0.4, 0.5) is 0 Å². The molecule has 1 amide bonds. The summed E-state index contributed by atoms with van der Waals surface area (Å²) in [6.07, 6.45) is -0.645. The first-order chi connectivity index (χ1) is 20.0. The molecule has 4 rings (SSSR count). The Hall–Kier alpha value is -4.74. The number of rotatable bonds is 12. The number of carbonyl (C=O) groups is 4. The second-order valence-electron chi connectivity index (χ2n) is 10.0. The summed E-state index contributed by atoms with van der Waals surface area (Å²) in [6, 6.07) is 23.2. The fourth-order valence-corrected chi connectivity index (χ4v) is 5.16. The number of phenolic OH excluding ortho intramolecular Hbond substituents is 1. The summed E-state index contributed by atoms with van der Waals surface area (Å²) in [5, 5.41) is 39.4. The lowest BCUT2D eigenvalue weighted by Crippen LogP contribution is -2.52. The van der Waals surface area contributed by atoms with Crippen LogP contribution in [0.25, 0.3) is 11.1 Å². The van der Waals surface area contributed by atoms with E-state index in [2.05, 4.69) is 0 Å². The zero-order valence-electron chi connectivity index (χ0n) is 22.8. The predicted molar refractivity (Wildman–Crippen MR) is 149 cm³/mol. The third-order valence-electron chi connectivity index (χ3n) is 7.37. The lowest BCUT2D eigenvalue weighted by atomic mass is 9.85. The summed E-state index contributed by atoms with van der Waals surface area (Å²) in [4.78, 5) is 49.7. The first kappa shape index (κ1) is 30.2. The summed E-state index contributed by atoms with van der Waals surface area (Å²) in [5.41, 5.74) is 3.06. The molecule has 0 spiro atoms. The maximum absolute atomic E-state index is 13.6. The maximum atomic E-state index is 13.6. The van der Waals surface area contributed by atoms with E-state index in [1.165, 1.54) is 0 Å². The molecule has 42 heavy (non-hydrogen) atoms. The van der Waals surface area contributed by atoms with Crippen LogP contribution in [0.1, 0.15) is 30.4 Å². The standard InChI is InChI=1S/C31H31NO10/c1-19(32(17-27(34)35)28(36)26-18-41-31(42-26,29(37)38)30(39)40)23(14-12-20-8-4-2-5-9-20)22-13-15-24(25(33)16-22)21-10-6-3-7-11-21/h2-11,13,15-16,19,23,26,33H,12,14,17-18H2,1H3,(H,34,35)(H,37,38)(H,39,40). The van der Waals surface area contributed by atoms with Gasteiger partial charge in [-0.15, -0.1) is 0 Å². The minimum atomic E-state index is -3.08. The van der Waals surface area contributed by atoms with Gasteiger partial charge in [-0.05, 0) is 42.5 Å². The molecule has 3 unspecified atom stereocenters. The number of hydrogen-bond donors (Lipinski definition) is 4. The Morgan fingerprint density at radius 3 is 2.10 bits per heavy atom. The molecule has 3 aromatic carbocycles. The average molecular weight is 578 g/mol. The Labute approximate surface area is 241 Å². The minimum Gasteiger partial charge on any atom is -0.507 e. The average Bonchev–Trinajstić information content (AvgIpc) is 3.44. The number of aryl methyl sites for hydroxylation is 1. The number of nitrogens with zero attached hydrogens (tertiary/aromatic N) is 1. The van der Waals surface area contributed by atoms with Gasteiger partial charge in [-0.2, -0.15) is 0 Å². The molecule has 1 aliphatic rings. The predicted octanol–water partition coefficient (Wildman–Crippen LogP) is 3.36. The minimum absolute atomic E-state index is 0.00643. The van der Waals surface area contributed by atoms with Gasteiger partial charge < -0.3 is 34.8 Å². The van der Waals surface area contributed by atoms with Crippen molar-refractivity contribution in [3.8, 4) is 16.9 Å². The van der Waals surface area contributed by atoms with Crippen molar-refractivity contribution in [1.82, 2.24) is 4.90 Å². The van der Waals surface area contributed by atoms with Crippen molar-refractivity contribution in [3.63, 3.8) is 0 Å². The van der Waals surface area contributed by atoms with Gasteiger partial charge in [0.25, 0.3) is 5.91 Å². The van der Waals surface area contributed by atoms with Gasteiger partial charge in [0.05, 0.1) is 6.61 Å². The molecule has 1 aliphatic heterocycles. The molecule has 3 atom stereocenters. The van der Waals surface area contributed by atoms with Crippen LogP contribution in [0.15, 0.2) is 78.9 Å². The van der Waals surface area contributed by atoms with Gasteiger partial charge in [-0.25, -0.2) is 9.59 Å². The van der Waals surface area contributed by atoms with Crippen molar-refractivity contribution >= 4 is 23.8 Å². The van der Waals surface area contributed by atoms with Crippen LogP contribution in [-0.4, -0.2) is 80.2 Å². The van der Waals surface area contributed by atoms with Crippen molar-refractivity contribution in [2.45, 2.75) is 43.6 Å². The molecular weight excluding hydrogens is 546 g/mol. The number of carboxylic acid groups (broad SMARTS) is 3. The molecule has 3 aromatic rings. The first-order valence-electron chi connectivity index (χ1n) is 13.3. The van der Waals surface area contributed by atoms with E-state index < -0.39 is 60.8 Å². The molecule has 0 aliphatic carbocycles. The SMILES string of the molecule is CC(C(CCc1ccccc1)c1ccc(-c2ccccc2)c(O)c1)N(CC(=O)O)C(=O)C1COC(C(=O)O)(C(=O)O)O1. The van der Waals surface area contributed by atoms with E-state index >= 15 is 0 Å². The normalized spacial score (nSPS) is 17.2. The molecule has 220 valence electrons. The molecule has 0 aromatic heterocycles. The monoisotopic (exact) mass is 577 g/mol. The van der Waals surface area contributed by atoms with E-state index in [1.807, 2.05) is 66.7 Å². The van der Waals surface area contributed by atoms with Crippen molar-refractivity contribution in [1.29, 1.82) is 0 Å². The quantitative estimate of drug-likeness (QED) is 0.234. The molecule has 0 radical (unpaired) electrons. The maximum Gasteiger partial charge on any atom is 0.377 e. The van der Waals surface area contributed by atoms with Gasteiger partial charge in [-0.1, -0.05) is 72.8 Å². The van der Waals surface area contributed by atoms with Gasteiger partial charge in [0.15, 0.2) is 6.10 Å². The Morgan fingerprint density at radius 2 is 1.55 bits per heavy atom. The van der Waals surface area contributed by atoms with E-state index in [1.54, 1.807) is 19.1 Å². The van der Waals surface area contributed by atoms with Crippen molar-refractivity contribution in [2.24, 2.45) is 0 Å². The van der Waals surface area contributed by atoms with E-state index in [-0.39, 0.29) is 5.75 Å². The largest absolute Gasteiger partial charge is 0.507 e. The van der Waals surface area contributed by atoms with Crippen LogP contribution >= 0.6 is 0 Å². The number of aromatic hydroxyl groups is 1. The molecule has 11 heteroatoms. The number of ether oxygens (including phenoxy) is 2. The summed E-state index contributed by atoms with van der Waals surface area (Å²) >= 11 is 0. The summed E-state index contributed by atoms with van der Waals surface area (Å²) in [6.45, 7) is 0.195. The summed E-state index contributed by atoms with van der Waals surface area (Å²) in [7, 11) is 0. The van der Waals surface area contributed by atoms with Crippen LogP contribution < -0.4 is 0 Å². The molecule has 4 N–H and O–H groups in total. The number of amides is 1. The van der Waals surface area contributed by atoms with E-state index in [4.69, 9.17) is 9.47 Å². The molecule has 1 fully saturated rings. The zero-order valence-corrected chi connectivity index (χ0v) is 22.8. The Morgan fingerprint density at radius 1 is 0.929 bits per heavy atom. The molecule has 1 saturated heterocycles. The van der Waals surface area contributed by atoms with Crippen molar-refractivity contribution < 1.29 is 49.1 Å². The summed E-state index contributed by atoms with van der Waals surface area (Å²) in [5.74, 6) is -9.72. The second-order valence-corrected chi connectivity index (χ2v) is 10.0. The third-order valence-corrected chi connectivity index (χ3v) is 7.37. The van der Waals surface area contributed by atoms with Gasteiger partial charge in [0.2, 0.25) is 0 Å². The zero-order chi connectivity index (χ0) is 30.4. The molecule has 0 saturated carbocycles. The lowest BCUT2D eigenvalue weighted by molar-refractivity contribution is -0.218. The molecular formula is C31H31NO10. The second kappa shape index (κ2) is 12.8. The topological polar surface area (TPSA) is 171 Å². The smallest absolute Gasteiger partial charge is 0.377 e. The van der Waals surface area contributed by atoms with E-state index in [0.29, 0.717) is 24.0 Å². The van der Waals surface area contributed by atoms with Crippen LogP contribution in [0.2, 0.25) is 0 Å². The fourth-order valence-electron chi connectivity index (χ4n) is 5.16. The first-order valence-corrected chi connectivity index (χ1v) is 13.3. The fraction of sp³-hybridized carbons (Fsp3) is 0.290. The Kier molecular flexibility index (Phi) is 9.24. The molecule has 1 heterocycles. The third kappa shape index (κ3) is 6.42. The van der Waals surface area contributed by atoms with E-state index in [0.717, 1.165) is 16.0 Å². The van der Waals surface area contributed by atoms with Gasteiger partial charge >= 0.3 is 23.7 Å². The van der Waals surface area contributed by atoms with Crippen molar-refractivity contribution in [3.05, 3.63) is 90.0 Å². The highest BCUT2D eigenvalue weighted by Crippen LogP contribution is 2.36. The van der Waals surface area contributed by atoms with Gasteiger partial charge in [0, 0.05) is 17.5 Å². The van der Waals surface area contributed by atoms with Crippen LogP contribution in [0.3, 0.4) is 0 Å². The van der Waals surface area contributed by atoms with Crippen LogP contribution in [-0.2, 0) is 35.1 Å². The number of benzene rings is 3. The van der Waals surface area contributed by atoms with Crippen LogP contribution in [0.5, 0.6) is 5.75 Å². The number of carbonyl (C=O) groups excluding carboxylic acids is 1. The highest BCUT2D eigenvalue weighted by Gasteiger charge is 2.58. The Balaban J connectivity index is 1.68. The summed E-state index contributed by atoms with van der Waals surface area (Å²) < 4.78 is 10.0. The number of aliphatic carboxylic acids is 3. The van der Waals surface area contributed by atoms with E-state index in [9.17, 15) is 39.6 Å². The highest BCUT2D eigenvalue weighted by atomic mass is 16.8. The lowest BCUT2D eigenvalue weighted by Gasteiger charge is -2.35. The number of carboxylic acids is 3. The Bertz CT molecular complexity index is 1430. The highest BCUT2D eigenvalue weighted by molar-refractivity contribution is 6.01. The molecule has 11 nitrogen and oxygen atoms in total. The number of phenols is 1. The molecule has 0 bridgehead atoms. The van der Waals surface area contributed by atoms with Gasteiger partial charge in [-0.3, -0.25) is 9.59 Å².